The minimum absolute atomic E-state index is 0.466. The molecule has 0 aromatic rings. The molecule has 0 aliphatic carbocycles. The van der Waals surface area contributed by atoms with E-state index >= 15 is 0 Å². The van der Waals surface area contributed by atoms with Gasteiger partial charge in [0.2, 0.25) is 0 Å². The number of thioether (sulfide) groups is 1. The average Bonchev–Trinajstić information content (AvgIpc) is 2.35. The van der Waals surface area contributed by atoms with Gasteiger partial charge in [0.15, 0.2) is 5.17 Å². The van der Waals surface area contributed by atoms with Crippen LogP contribution in [-0.2, 0) is 0 Å². The quantitative estimate of drug-likeness (QED) is 0.728. The fourth-order valence-electron chi connectivity index (χ4n) is 2.04. The van der Waals surface area contributed by atoms with Gasteiger partial charge in [-0.2, -0.15) is 0 Å². The Kier molecular flexibility index (Phi) is 6.39. The molecule has 1 heterocycles. The summed E-state index contributed by atoms with van der Waals surface area (Å²) in [5.74, 6) is 2.04. The van der Waals surface area contributed by atoms with Crippen LogP contribution in [0.5, 0.6) is 0 Å². The van der Waals surface area contributed by atoms with Gasteiger partial charge >= 0.3 is 0 Å². The minimum atomic E-state index is 0.466. The summed E-state index contributed by atoms with van der Waals surface area (Å²) in [7, 11) is 0. The Hall–Kier alpha value is -0.180. The molecule has 100 valence electrons. The summed E-state index contributed by atoms with van der Waals surface area (Å²) in [6.07, 6.45) is 5.06. The molecule has 1 rings (SSSR count). The molecule has 0 spiro atoms. The number of nitrogens with zero attached hydrogens (tertiary/aromatic N) is 1. The molecule has 17 heavy (non-hydrogen) atoms. The summed E-state index contributed by atoms with van der Waals surface area (Å²) in [6.45, 7) is 11.2. The Labute approximate surface area is 111 Å². The van der Waals surface area contributed by atoms with Crippen LogP contribution in [0.3, 0.4) is 0 Å². The maximum absolute atomic E-state index is 4.71. The van der Waals surface area contributed by atoms with Gasteiger partial charge < -0.3 is 5.32 Å². The molecule has 1 aliphatic heterocycles. The summed E-state index contributed by atoms with van der Waals surface area (Å²) in [5, 5.41) is 4.65. The first kappa shape index (κ1) is 14.9. The third kappa shape index (κ3) is 4.90. The number of nitrogens with one attached hydrogen (secondary N) is 1. The van der Waals surface area contributed by atoms with E-state index in [-0.39, 0.29) is 0 Å². The zero-order valence-corrected chi connectivity index (χ0v) is 12.7. The van der Waals surface area contributed by atoms with E-state index in [1.807, 2.05) is 11.8 Å². The van der Waals surface area contributed by atoms with Crippen molar-refractivity contribution in [2.75, 3.05) is 18.8 Å². The molecule has 0 amide bonds. The summed E-state index contributed by atoms with van der Waals surface area (Å²) < 4.78 is 0. The summed E-state index contributed by atoms with van der Waals surface area (Å²) in [5.41, 5.74) is 0.466. The van der Waals surface area contributed by atoms with Crippen LogP contribution in [0.4, 0.5) is 0 Å². The van der Waals surface area contributed by atoms with Gasteiger partial charge in [-0.25, -0.2) is 0 Å². The van der Waals surface area contributed by atoms with Gasteiger partial charge in [-0.05, 0) is 37.0 Å². The lowest BCUT2D eigenvalue weighted by molar-refractivity contribution is 0.318. The molecule has 1 N–H and O–H groups in total. The van der Waals surface area contributed by atoms with Crippen molar-refractivity contribution in [3.8, 4) is 0 Å². The number of amidine groups is 1. The van der Waals surface area contributed by atoms with Gasteiger partial charge in [0.1, 0.15) is 0 Å². The van der Waals surface area contributed by atoms with Crippen LogP contribution >= 0.6 is 11.8 Å². The lowest BCUT2D eigenvalue weighted by Gasteiger charge is -2.33. The molecule has 0 atom stereocenters. The highest BCUT2D eigenvalue weighted by atomic mass is 32.2. The Morgan fingerprint density at radius 3 is 2.53 bits per heavy atom. The smallest absolute Gasteiger partial charge is 0.156 e. The van der Waals surface area contributed by atoms with Crippen molar-refractivity contribution < 1.29 is 0 Å². The number of hydrogen-bond acceptors (Lipinski definition) is 3. The fraction of sp³-hybridized carbons (Fsp3) is 0.929. The van der Waals surface area contributed by atoms with Crippen molar-refractivity contribution in [2.24, 2.45) is 16.3 Å². The Bertz CT molecular complexity index is 245. The van der Waals surface area contributed by atoms with Gasteiger partial charge in [0, 0.05) is 18.8 Å². The lowest BCUT2D eigenvalue weighted by Crippen LogP contribution is -2.34. The molecule has 2 nitrogen and oxygen atoms in total. The number of hydrogen-bond donors (Lipinski definition) is 1. The Morgan fingerprint density at radius 1 is 1.35 bits per heavy atom. The summed E-state index contributed by atoms with van der Waals surface area (Å²) >= 11 is 1.92. The molecule has 0 bridgehead atoms. The zero-order chi connectivity index (χ0) is 12.7. The van der Waals surface area contributed by atoms with Crippen LogP contribution in [-0.4, -0.2) is 24.0 Å². The standard InChI is InChI=1S/C14H28N2S/c1-5-14(6-2)10-16-13(17-11-14)15-9-7-8-12(3)4/h12H,5-11H2,1-4H3,(H,15,16). The second kappa shape index (κ2) is 7.30. The van der Waals surface area contributed by atoms with E-state index < -0.39 is 0 Å². The molecule has 0 radical (unpaired) electrons. The minimum Gasteiger partial charge on any atom is -0.365 e. The molecule has 0 aromatic carbocycles. The van der Waals surface area contributed by atoms with Crippen molar-refractivity contribution in [3.05, 3.63) is 0 Å². The summed E-state index contributed by atoms with van der Waals surface area (Å²) in [4.78, 5) is 4.71. The van der Waals surface area contributed by atoms with Gasteiger partial charge in [-0.15, -0.1) is 0 Å². The Morgan fingerprint density at radius 2 is 2.06 bits per heavy atom. The highest BCUT2D eigenvalue weighted by molar-refractivity contribution is 8.13. The SMILES string of the molecule is CCC1(CC)CN=C(NCCCC(C)C)SC1. The molecule has 0 saturated carbocycles. The second-order valence-corrected chi connectivity index (χ2v) is 6.54. The predicted octanol–water partition coefficient (Wildman–Crippen LogP) is 3.92. The van der Waals surface area contributed by atoms with Crippen LogP contribution < -0.4 is 5.32 Å². The first-order valence-corrected chi connectivity index (χ1v) is 8.01. The molecular weight excluding hydrogens is 228 g/mol. The van der Waals surface area contributed by atoms with Crippen LogP contribution in [0.1, 0.15) is 53.4 Å². The fourth-order valence-corrected chi connectivity index (χ4v) is 3.34. The normalized spacial score (nSPS) is 19.2. The molecule has 0 saturated heterocycles. The largest absolute Gasteiger partial charge is 0.365 e. The maximum Gasteiger partial charge on any atom is 0.156 e. The maximum atomic E-state index is 4.71. The van der Waals surface area contributed by atoms with E-state index in [1.54, 1.807) is 0 Å². The van der Waals surface area contributed by atoms with Gasteiger partial charge in [-0.1, -0.05) is 39.5 Å². The first-order valence-electron chi connectivity index (χ1n) is 7.03. The molecule has 0 unspecified atom stereocenters. The van der Waals surface area contributed by atoms with E-state index in [9.17, 15) is 0 Å². The third-order valence-electron chi connectivity index (χ3n) is 3.81. The Balaban J connectivity index is 2.26. The van der Waals surface area contributed by atoms with Crippen molar-refractivity contribution in [2.45, 2.75) is 53.4 Å². The van der Waals surface area contributed by atoms with Crippen LogP contribution in [0.15, 0.2) is 4.99 Å². The molecular formula is C14H28N2S. The van der Waals surface area contributed by atoms with Crippen molar-refractivity contribution >= 4 is 16.9 Å². The number of aliphatic imine (C=N–C) groups is 1. The average molecular weight is 256 g/mol. The van der Waals surface area contributed by atoms with Crippen molar-refractivity contribution in [1.29, 1.82) is 0 Å². The van der Waals surface area contributed by atoms with Crippen LogP contribution in [0.25, 0.3) is 0 Å². The molecule has 3 heteroatoms. The molecule has 1 aliphatic rings. The summed E-state index contributed by atoms with van der Waals surface area (Å²) in [6, 6.07) is 0. The van der Waals surface area contributed by atoms with E-state index in [1.165, 1.54) is 36.6 Å². The van der Waals surface area contributed by atoms with Gasteiger partial charge in [0.05, 0.1) is 0 Å². The van der Waals surface area contributed by atoms with E-state index in [0.717, 1.165) is 19.0 Å². The van der Waals surface area contributed by atoms with E-state index in [0.29, 0.717) is 5.41 Å². The van der Waals surface area contributed by atoms with Gasteiger partial charge in [-0.3, -0.25) is 4.99 Å². The number of rotatable bonds is 6. The topological polar surface area (TPSA) is 24.4 Å². The highest BCUT2D eigenvalue weighted by Gasteiger charge is 2.29. The highest BCUT2D eigenvalue weighted by Crippen LogP contribution is 2.34. The van der Waals surface area contributed by atoms with Crippen molar-refractivity contribution in [3.63, 3.8) is 0 Å². The van der Waals surface area contributed by atoms with Crippen molar-refractivity contribution in [1.82, 2.24) is 5.32 Å². The molecule has 0 fully saturated rings. The lowest BCUT2D eigenvalue weighted by atomic mass is 9.84. The van der Waals surface area contributed by atoms with E-state index in [2.05, 4.69) is 33.0 Å². The third-order valence-corrected chi connectivity index (χ3v) is 5.11. The predicted molar refractivity (Wildman–Crippen MR) is 79.8 cm³/mol. The second-order valence-electron chi connectivity index (χ2n) is 5.58. The van der Waals surface area contributed by atoms with Crippen LogP contribution in [0, 0.1) is 11.3 Å². The molecule has 0 aromatic heterocycles. The van der Waals surface area contributed by atoms with Crippen LogP contribution in [0.2, 0.25) is 0 Å². The monoisotopic (exact) mass is 256 g/mol. The van der Waals surface area contributed by atoms with E-state index in [4.69, 9.17) is 4.99 Å². The van der Waals surface area contributed by atoms with Gasteiger partial charge in [0.25, 0.3) is 0 Å². The zero-order valence-electron chi connectivity index (χ0n) is 11.9. The first-order chi connectivity index (χ1) is 8.12.